The van der Waals surface area contributed by atoms with Gasteiger partial charge in [0.15, 0.2) is 23.8 Å². The van der Waals surface area contributed by atoms with E-state index >= 15 is 0 Å². The summed E-state index contributed by atoms with van der Waals surface area (Å²) in [5, 5.41) is 45.8. The maximum absolute atomic E-state index is 13.1. The number of fused-ring (bicyclic) bond motifs is 6. The van der Waals surface area contributed by atoms with Gasteiger partial charge in [-0.1, -0.05) is 15.9 Å². The summed E-state index contributed by atoms with van der Waals surface area (Å²) in [6.45, 7) is 4.68. The van der Waals surface area contributed by atoms with Crippen LogP contribution >= 0.6 is 15.9 Å². The number of phenols is 1. The second-order valence-electron chi connectivity index (χ2n) is 12.8. The zero-order valence-corrected chi connectivity index (χ0v) is 26.7. The number of ketones is 1. The monoisotopic (exact) mass is 680 g/mol. The van der Waals surface area contributed by atoms with E-state index in [1.54, 1.807) is 6.92 Å². The molecule has 0 radical (unpaired) electrons. The number of carbonyl (C=O) groups excluding carboxylic acids is 1. The zero-order valence-electron chi connectivity index (χ0n) is 25.1. The van der Waals surface area contributed by atoms with Crippen molar-refractivity contribution in [2.75, 3.05) is 26.2 Å². The lowest BCUT2D eigenvalue weighted by Crippen LogP contribution is -2.75. The molecule has 5 aliphatic rings. The third-order valence-corrected chi connectivity index (χ3v) is 11.0. The number of aliphatic hydroxyl groups excluding tert-OH is 1. The highest BCUT2D eigenvalue weighted by molar-refractivity contribution is 9.09. The minimum Gasteiger partial charge on any atom is -0.506 e. The molecule has 2 aromatic carbocycles. The second-order valence-corrected chi connectivity index (χ2v) is 13.3. The molecule has 0 spiro atoms. The fourth-order valence-corrected chi connectivity index (χ4v) is 8.74. The standard InChI is InChI=1S/C31H37BrO12/c1-13-9-16-21(22(34)20-15(23(16)38-4)7-6-8-17(20)33)24-19(13)25-27-31(39-5,43-24)29(37,11-32)30(42-25,44-27)12-40-18-10-28(3,36)26(35)14(2)41-18/h9,14,18,25-27,34-37H,6-8,10-12H2,1-5H3/t14?,18?,25?,26?,27?,28?,29-,30?,31-/m1/s1. The van der Waals surface area contributed by atoms with Crippen LogP contribution in [0.3, 0.4) is 0 Å². The van der Waals surface area contributed by atoms with E-state index < -0.39 is 53.5 Å². The predicted molar refractivity (Wildman–Crippen MR) is 156 cm³/mol. The van der Waals surface area contributed by atoms with Crippen molar-refractivity contribution >= 4 is 32.5 Å². The third-order valence-electron chi connectivity index (χ3n) is 10.1. The Morgan fingerprint density at radius 3 is 2.59 bits per heavy atom. The normalized spacial score (nSPS) is 40.6. The Labute approximate surface area is 262 Å². The van der Waals surface area contributed by atoms with Crippen molar-refractivity contribution < 1.29 is 58.4 Å². The zero-order chi connectivity index (χ0) is 31.6. The molecule has 0 aromatic heterocycles. The number of benzene rings is 2. The van der Waals surface area contributed by atoms with Crippen molar-refractivity contribution in [1.29, 1.82) is 0 Å². The molecule has 44 heavy (non-hydrogen) atoms. The van der Waals surface area contributed by atoms with E-state index in [0.717, 1.165) is 5.56 Å². The quantitative estimate of drug-likeness (QED) is 0.331. The molecular formula is C31H37BrO12. The first-order chi connectivity index (χ1) is 20.8. The molecule has 7 rings (SSSR count). The molecule has 3 saturated heterocycles. The number of ether oxygens (including phenoxy) is 7. The molecule has 240 valence electrons. The van der Waals surface area contributed by atoms with Gasteiger partial charge in [0, 0.05) is 41.8 Å². The number of hydrogen-bond donors (Lipinski definition) is 4. The summed E-state index contributed by atoms with van der Waals surface area (Å²) < 4.78 is 43.4. The average Bonchev–Trinajstić information content (AvgIpc) is 3.47. The summed E-state index contributed by atoms with van der Waals surface area (Å²) in [6.07, 6.45) is -3.02. The molecule has 4 N–H and O–H groups in total. The van der Waals surface area contributed by atoms with E-state index in [1.807, 2.05) is 13.0 Å². The molecule has 13 heteroatoms. The number of aliphatic hydroxyl groups is 3. The van der Waals surface area contributed by atoms with Crippen molar-refractivity contribution in [1.82, 2.24) is 0 Å². The summed E-state index contributed by atoms with van der Waals surface area (Å²) in [6, 6.07) is 1.87. The average molecular weight is 682 g/mol. The topological polar surface area (TPSA) is 163 Å². The second kappa shape index (κ2) is 9.96. The minimum absolute atomic E-state index is 0.0296. The number of aryl methyl sites for hydroxylation is 1. The van der Waals surface area contributed by atoms with Crippen LogP contribution in [0, 0.1) is 6.92 Å². The van der Waals surface area contributed by atoms with E-state index in [9.17, 15) is 25.2 Å². The Morgan fingerprint density at radius 2 is 1.93 bits per heavy atom. The van der Waals surface area contributed by atoms with Crippen molar-refractivity contribution in [2.45, 2.75) is 99.9 Å². The van der Waals surface area contributed by atoms with Crippen molar-refractivity contribution in [2.24, 2.45) is 0 Å². The van der Waals surface area contributed by atoms with Crippen LogP contribution in [-0.4, -0.2) is 99.7 Å². The Hall–Kier alpha value is -2.07. The van der Waals surface area contributed by atoms with Crippen LogP contribution in [0.4, 0.5) is 0 Å². The first-order valence-electron chi connectivity index (χ1n) is 14.8. The Kier molecular flexibility index (Phi) is 6.92. The number of hydrogen-bond acceptors (Lipinski definition) is 12. The van der Waals surface area contributed by atoms with Gasteiger partial charge in [0.05, 0.1) is 29.8 Å². The number of halogens is 1. The lowest BCUT2D eigenvalue weighted by Gasteiger charge is -2.53. The minimum atomic E-state index is -2.00. The summed E-state index contributed by atoms with van der Waals surface area (Å²) >= 11 is 3.43. The van der Waals surface area contributed by atoms with Gasteiger partial charge in [-0.05, 0) is 45.2 Å². The molecule has 2 bridgehead atoms. The van der Waals surface area contributed by atoms with E-state index in [4.69, 9.17) is 33.2 Å². The van der Waals surface area contributed by atoms with Crippen molar-refractivity contribution in [3.8, 4) is 17.2 Å². The van der Waals surface area contributed by atoms with Crippen LogP contribution in [-0.2, 0) is 30.1 Å². The Morgan fingerprint density at radius 1 is 1.18 bits per heavy atom. The molecule has 0 amide bonds. The maximum Gasteiger partial charge on any atom is 0.275 e. The number of methoxy groups -OCH3 is 2. The summed E-state index contributed by atoms with van der Waals surface area (Å²) in [7, 11) is 2.92. The van der Waals surface area contributed by atoms with Crippen molar-refractivity contribution in [3.63, 3.8) is 0 Å². The predicted octanol–water partition coefficient (Wildman–Crippen LogP) is 2.67. The summed E-state index contributed by atoms with van der Waals surface area (Å²) in [4.78, 5) is 13.1. The van der Waals surface area contributed by atoms with Gasteiger partial charge in [-0.2, -0.15) is 0 Å². The number of Topliss-reactive ketones (excluding diaryl/α,β-unsaturated/α-hetero) is 1. The first kappa shape index (κ1) is 30.6. The van der Waals surface area contributed by atoms with E-state index in [0.29, 0.717) is 41.5 Å². The van der Waals surface area contributed by atoms with Gasteiger partial charge >= 0.3 is 0 Å². The fourth-order valence-electron chi connectivity index (χ4n) is 7.92. The number of aromatic hydroxyl groups is 1. The molecular weight excluding hydrogens is 644 g/mol. The lowest BCUT2D eigenvalue weighted by atomic mass is 9.76. The summed E-state index contributed by atoms with van der Waals surface area (Å²) in [5.74, 6) is -3.35. The molecule has 4 aliphatic heterocycles. The highest BCUT2D eigenvalue weighted by atomic mass is 79.9. The van der Waals surface area contributed by atoms with Gasteiger partial charge in [0.25, 0.3) is 5.79 Å². The molecule has 4 heterocycles. The van der Waals surface area contributed by atoms with Gasteiger partial charge in [0.2, 0.25) is 5.79 Å². The van der Waals surface area contributed by atoms with E-state index in [-0.39, 0.29) is 46.6 Å². The molecule has 3 fully saturated rings. The van der Waals surface area contributed by atoms with Crippen LogP contribution < -0.4 is 9.47 Å². The number of phenolic OH excluding ortho intramolecular Hbond substituents is 1. The molecule has 0 saturated carbocycles. The van der Waals surface area contributed by atoms with Crippen LogP contribution in [0.25, 0.3) is 10.8 Å². The van der Waals surface area contributed by atoms with Crippen LogP contribution in [0.2, 0.25) is 0 Å². The highest BCUT2D eigenvalue weighted by Gasteiger charge is 2.85. The van der Waals surface area contributed by atoms with E-state index in [1.165, 1.54) is 21.1 Å². The smallest absolute Gasteiger partial charge is 0.275 e. The Balaban J connectivity index is 1.36. The molecule has 12 nitrogen and oxygen atoms in total. The van der Waals surface area contributed by atoms with Crippen LogP contribution in [0.5, 0.6) is 17.2 Å². The van der Waals surface area contributed by atoms with Gasteiger partial charge in [-0.3, -0.25) is 4.79 Å². The molecule has 7 unspecified atom stereocenters. The van der Waals surface area contributed by atoms with E-state index in [2.05, 4.69) is 15.9 Å². The van der Waals surface area contributed by atoms with Gasteiger partial charge in [-0.15, -0.1) is 0 Å². The third kappa shape index (κ3) is 3.70. The Bertz CT molecular complexity index is 1560. The van der Waals surface area contributed by atoms with Crippen LogP contribution in [0.1, 0.15) is 66.3 Å². The maximum atomic E-state index is 13.1. The van der Waals surface area contributed by atoms with Gasteiger partial charge < -0.3 is 53.6 Å². The van der Waals surface area contributed by atoms with Gasteiger partial charge in [-0.25, -0.2) is 0 Å². The van der Waals surface area contributed by atoms with Crippen molar-refractivity contribution in [3.05, 3.63) is 28.3 Å². The fraction of sp³-hybridized carbons (Fsp3) is 0.645. The number of rotatable bonds is 6. The highest BCUT2D eigenvalue weighted by Crippen LogP contribution is 2.67. The lowest BCUT2D eigenvalue weighted by molar-refractivity contribution is -0.363. The van der Waals surface area contributed by atoms with Crippen LogP contribution in [0.15, 0.2) is 6.07 Å². The van der Waals surface area contributed by atoms with Gasteiger partial charge in [0.1, 0.15) is 36.1 Å². The first-order valence-corrected chi connectivity index (χ1v) is 15.9. The summed E-state index contributed by atoms with van der Waals surface area (Å²) in [5.41, 5.74) is -1.27. The number of alkyl halides is 1. The molecule has 1 aliphatic carbocycles. The SMILES string of the molecule is COc1c2c(c(O)c3c4c(c(C)cc13)C1OC3(COC5CC(C)(O)C(O)C(C)O5)OC1[C@@](OC)(O4)[C@@]3(O)CBr)C(=O)CCC2. The molecule has 2 aromatic rings. The largest absolute Gasteiger partial charge is 0.506 e. The number of carbonyl (C=O) groups is 1. The molecule has 9 atom stereocenters.